The van der Waals surface area contributed by atoms with Gasteiger partial charge in [0.1, 0.15) is 12.2 Å². The van der Waals surface area contributed by atoms with Crippen molar-refractivity contribution in [1.82, 2.24) is 20.1 Å². The second-order valence-electron chi connectivity index (χ2n) is 3.55. The summed E-state index contributed by atoms with van der Waals surface area (Å²) in [6, 6.07) is 0. The van der Waals surface area contributed by atoms with E-state index in [9.17, 15) is 5.11 Å². The van der Waals surface area contributed by atoms with Gasteiger partial charge >= 0.3 is 0 Å². The van der Waals surface area contributed by atoms with Crippen LogP contribution in [0.5, 0.6) is 0 Å². The molecule has 0 saturated carbocycles. The number of aliphatic hydroxyl groups excluding tert-OH is 1. The molecular formula is C8H14N4O. The number of nitrogens with one attached hydrogen (secondary N) is 1. The van der Waals surface area contributed by atoms with Gasteiger partial charge < -0.3 is 15.0 Å². The summed E-state index contributed by atoms with van der Waals surface area (Å²) < 4.78 is 1.89. The molecule has 2 rings (SSSR count). The normalized spacial score (nSPS) is 28.2. The Kier molecular flexibility index (Phi) is 2.28. The number of hydrogen-bond donors (Lipinski definition) is 2. The first-order valence-corrected chi connectivity index (χ1v) is 4.49. The van der Waals surface area contributed by atoms with Gasteiger partial charge in [0.15, 0.2) is 0 Å². The van der Waals surface area contributed by atoms with Crippen molar-refractivity contribution in [2.75, 3.05) is 13.1 Å². The van der Waals surface area contributed by atoms with Gasteiger partial charge in [-0.25, -0.2) is 0 Å². The van der Waals surface area contributed by atoms with E-state index in [0.29, 0.717) is 6.54 Å². The maximum Gasteiger partial charge on any atom is 0.132 e. The maximum absolute atomic E-state index is 9.56. The van der Waals surface area contributed by atoms with E-state index >= 15 is 0 Å². The molecule has 1 aliphatic rings. The Hall–Kier alpha value is -0.940. The average molecular weight is 182 g/mol. The molecule has 0 amide bonds. The molecule has 1 aromatic rings. The molecule has 0 bridgehead atoms. The number of rotatable bonds is 2. The Labute approximate surface area is 76.8 Å². The summed E-state index contributed by atoms with van der Waals surface area (Å²) in [5, 5.41) is 20.5. The Morgan fingerprint density at radius 2 is 2.54 bits per heavy atom. The van der Waals surface area contributed by atoms with Crippen LogP contribution in [-0.4, -0.2) is 39.1 Å². The Morgan fingerprint density at radius 3 is 3.08 bits per heavy atom. The number of aryl methyl sites for hydroxylation is 1. The summed E-state index contributed by atoms with van der Waals surface area (Å²) in [4.78, 5) is 0. The standard InChI is InChI=1S/C8H14N4O/c1-12-5-10-11-8(12)2-6-3-9-4-7(6)13/h5-7,9,13H,2-4H2,1H3/t6-,7-/m1/s1. The largest absolute Gasteiger partial charge is 0.391 e. The minimum atomic E-state index is -0.239. The molecular weight excluding hydrogens is 168 g/mol. The van der Waals surface area contributed by atoms with Crippen LogP contribution >= 0.6 is 0 Å². The van der Waals surface area contributed by atoms with Gasteiger partial charge in [-0.05, 0) is 0 Å². The van der Waals surface area contributed by atoms with Gasteiger partial charge in [-0.1, -0.05) is 0 Å². The van der Waals surface area contributed by atoms with Crippen molar-refractivity contribution in [3.63, 3.8) is 0 Å². The quantitative estimate of drug-likeness (QED) is 0.612. The third kappa shape index (κ3) is 1.71. The molecule has 2 heterocycles. The van der Waals surface area contributed by atoms with E-state index in [4.69, 9.17) is 0 Å². The van der Waals surface area contributed by atoms with E-state index in [1.165, 1.54) is 0 Å². The molecule has 0 aliphatic carbocycles. The van der Waals surface area contributed by atoms with Crippen molar-refractivity contribution < 1.29 is 5.11 Å². The molecule has 2 N–H and O–H groups in total. The lowest BCUT2D eigenvalue weighted by Crippen LogP contribution is -2.21. The second-order valence-corrected chi connectivity index (χ2v) is 3.55. The number of β-amino-alcohol motifs (C(OH)–C–C–N with tert-alkyl or cyclic N) is 1. The molecule has 5 heteroatoms. The summed E-state index contributed by atoms with van der Waals surface area (Å²) in [6.07, 6.45) is 2.24. The Bertz CT molecular complexity index is 285. The fourth-order valence-corrected chi connectivity index (χ4v) is 1.65. The molecule has 0 spiro atoms. The highest BCUT2D eigenvalue weighted by Crippen LogP contribution is 2.13. The Morgan fingerprint density at radius 1 is 1.69 bits per heavy atom. The summed E-state index contributed by atoms with van der Waals surface area (Å²) >= 11 is 0. The summed E-state index contributed by atoms with van der Waals surface area (Å²) in [7, 11) is 1.92. The molecule has 1 fully saturated rings. The van der Waals surface area contributed by atoms with Crippen molar-refractivity contribution in [2.24, 2.45) is 13.0 Å². The molecule has 0 unspecified atom stereocenters. The summed E-state index contributed by atoms with van der Waals surface area (Å²) in [6.45, 7) is 1.57. The van der Waals surface area contributed by atoms with Gasteiger partial charge in [-0.2, -0.15) is 0 Å². The van der Waals surface area contributed by atoms with Crippen LogP contribution in [-0.2, 0) is 13.5 Å². The van der Waals surface area contributed by atoms with Crippen LogP contribution in [0.25, 0.3) is 0 Å². The van der Waals surface area contributed by atoms with Crippen LogP contribution in [0, 0.1) is 5.92 Å². The van der Waals surface area contributed by atoms with E-state index < -0.39 is 0 Å². The van der Waals surface area contributed by atoms with Gasteiger partial charge in [-0.3, -0.25) is 0 Å². The van der Waals surface area contributed by atoms with Crippen molar-refractivity contribution in [1.29, 1.82) is 0 Å². The third-order valence-corrected chi connectivity index (χ3v) is 2.55. The lowest BCUT2D eigenvalue weighted by atomic mass is 10.0. The third-order valence-electron chi connectivity index (χ3n) is 2.55. The number of aliphatic hydroxyl groups is 1. The predicted molar refractivity (Wildman–Crippen MR) is 47.1 cm³/mol. The van der Waals surface area contributed by atoms with Crippen LogP contribution in [0.15, 0.2) is 6.33 Å². The van der Waals surface area contributed by atoms with Gasteiger partial charge in [-0.15, -0.1) is 10.2 Å². The van der Waals surface area contributed by atoms with Crippen molar-refractivity contribution in [3.05, 3.63) is 12.2 Å². The highest BCUT2D eigenvalue weighted by atomic mass is 16.3. The predicted octanol–water partition coefficient (Wildman–Crippen LogP) is -1.06. The SMILES string of the molecule is Cn1cnnc1C[C@@H]1CNC[C@H]1O. The van der Waals surface area contributed by atoms with Crippen molar-refractivity contribution >= 4 is 0 Å². The van der Waals surface area contributed by atoms with Gasteiger partial charge in [0.25, 0.3) is 0 Å². The van der Waals surface area contributed by atoms with Crippen LogP contribution in [0.1, 0.15) is 5.82 Å². The summed E-state index contributed by atoms with van der Waals surface area (Å²) in [5.41, 5.74) is 0. The smallest absolute Gasteiger partial charge is 0.132 e. The Balaban J connectivity index is 2.01. The molecule has 1 aromatic heterocycles. The fourth-order valence-electron chi connectivity index (χ4n) is 1.65. The highest BCUT2D eigenvalue weighted by Gasteiger charge is 2.26. The highest BCUT2D eigenvalue weighted by molar-refractivity contribution is 4.92. The minimum absolute atomic E-state index is 0.239. The molecule has 13 heavy (non-hydrogen) atoms. The fraction of sp³-hybridized carbons (Fsp3) is 0.750. The summed E-state index contributed by atoms with van der Waals surface area (Å²) in [5.74, 6) is 1.22. The molecule has 2 atom stereocenters. The number of hydrogen-bond acceptors (Lipinski definition) is 4. The van der Waals surface area contributed by atoms with Crippen LogP contribution < -0.4 is 5.32 Å². The molecule has 72 valence electrons. The minimum Gasteiger partial charge on any atom is -0.391 e. The second kappa shape index (κ2) is 3.43. The molecule has 0 aromatic carbocycles. The van der Waals surface area contributed by atoms with Gasteiger partial charge in [0, 0.05) is 32.5 Å². The first-order chi connectivity index (χ1) is 6.27. The number of nitrogens with zero attached hydrogens (tertiary/aromatic N) is 3. The van der Waals surface area contributed by atoms with E-state index in [1.54, 1.807) is 6.33 Å². The molecule has 1 saturated heterocycles. The van der Waals surface area contributed by atoms with E-state index in [-0.39, 0.29) is 12.0 Å². The average Bonchev–Trinajstić information content (AvgIpc) is 2.65. The van der Waals surface area contributed by atoms with E-state index in [2.05, 4.69) is 15.5 Å². The van der Waals surface area contributed by atoms with E-state index in [1.807, 2.05) is 11.6 Å². The zero-order valence-corrected chi connectivity index (χ0v) is 7.64. The first kappa shape index (κ1) is 8.65. The van der Waals surface area contributed by atoms with Gasteiger partial charge in [0.05, 0.1) is 6.10 Å². The molecule has 0 radical (unpaired) electrons. The lowest BCUT2D eigenvalue weighted by Gasteiger charge is -2.11. The monoisotopic (exact) mass is 182 g/mol. The van der Waals surface area contributed by atoms with Crippen molar-refractivity contribution in [3.8, 4) is 0 Å². The maximum atomic E-state index is 9.56. The number of aromatic nitrogens is 3. The zero-order chi connectivity index (χ0) is 9.26. The van der Waals surface area contributed by atoms with E-state index in [0.717, 1.165) is 18.8 Å². The topological polar surface area (TPSA) is 63.0 Å². The first-order valence-electron chi connectivity index (χ1n) is 4.49. The zero-order valence-electron chi connectivity index (χ0n) is 7.64. The van der Waals surface area contributed by atoms with Crippen molar-refractivity contribution in [2.45, 2.75) is 12.5 Å². The lowest BCUT2D eigenvalue weighted by molar-refractivity contribution is 0.146. The van der Waals surface area contributed by atoms with Crippen LogP contribution in [0.2, 0.25) is 0 Å². The molecule has 1 aliphatic heterocycles. The molecule has 5 nitrogen and oxygen atoms in total. The van der Waals surface area contributed by atoms with Gasteiger partial charge in [0.2, 0.25) is 0 Å². The van der Waals surface area contributed by atoms with Crippen LogP contribution in [0.4, 0.5) is 0 Å². The van der Waals surface area contributed by atoms with Crippen LogP contribution in [0.3, 0.4) is 0 Å².